The van der Waals surface area contributed by atoms with Gasteiger partial charge in [-0.3, -0.25) is 9.59 Å². The topological polar surface area (TPSA) is 107 Å². The van der Waals surface area contributed by atoms with E-state index in [1.165, 1.54) is 17.3 Å². The lowest BCUT2D eigenvalue weighted by Crippen LogP contribution is -2.16. The normalized spacial score (nSPS) is 14.4. The summed E-state index contributed by atoms with van der Waals surface area (Å²) in [6.07, 6.45) is 5.04. The van der Waals surface area contributed by atoms with Crippen molar-refractivity contribution < 1.29 is 9.59 Å². The summed E-state index contributed by atoms with van der Waals surface area (Å²) in [5.74, 6) is 0.880. The van der Waals surface area contributed by atoms with Crippen LogP contribution in [0.3, 0.4) is 0 Å². The number of aryl methyl sites for hydroxylation is 1. The Kier molecular flexibility index (Phi) is 6.24. The number of thioether (sulfide) groups is 1. The maximum atomic E-state index is 14.0. The van der Waals surface area contributed by atoms with E-state index in [2.05, 4.69) is 28.2 Å². The lowest BCUT2D eigenvalue weighted by atomic mass is 10.0. The van der Waals surface area contributed by atoms with Gasteiger partial charge in [-0.15, -0.1) is 10.2 Å². The van der Waals surface area contributed by atoms with Gasteiger partial charge in [0, 0.05) is 41.5 Å². The molecule has 8 heteroatoms. The molecule has 0 saturated heterocycles. The van der Waals surface area contributed by atoms with Gasteiger partial charge in [0.05, 0.1) is 0 Å². The van der Waals surface area contributed by atoms with E-state index in [-0.39, 0.29) is 18.1 Å². The zero-order chi connectivity index (χ0) is 23.7. The number of rotatable bonds is 10. The average Bonchev–Trinajstić information content (AvgIpc) is 3.47. The fourth-order valence-corrected chi connectivity index (χ4v) is 5.46. The van der Waals surface area contributed by atoms with Crippen molar-refractivity contribution in [1.29, 1.82) is 0 Å². The number of aromatic amines is 1. The predicted molar refractivity (Wildman–Crippen MR) is 133 cm³/mol. The summed E-state index contributed by atoms with van der Waals surface area (Å²) in [5.41, 5.74) is 9.17. The van der Waals surface area contributed by atoms with Crippen LogP contribution < -0.4 is 5.73 Å². The minimum Gasteiger partial charge on any atom is -0.370 e. The number of benzene rings is 2. The van der Waals surface area contributed by atoms with Gasteiger partial charge in [0.2, 0.25) is 5.91 Å². The van der Waals surface area contributed by atoms with Crippen LogP contribution in [-0.4, -0.2) is 31.4 Å². The second-order valence-electron chi connectivity index (χ2n) is 8.65. The number of carbonyl (C=O) groups excluding carboxylic acids is 2. The standard InChI is InChI=1S/C26H27N5O2S/c1-2-16-9-6-10-19-20(15-28-22(16)19)23(33)24(17-7-4-3-5-8-17)34-26-30-29-25(18-11-12-18)31(26)14-13-21(27)32/h3-10,15,18,24,28H,2,11-14H2,1H3,(H2,27,32)/t24-/m0/s1. The number of para-hydroxylation sites is 1. The molecule has 174 valence electrons. The summed E-state index contributed by atoms with van der Waals surface area (Å²) in [6, 6.07) is 15.8. The fourth-order valence-electron chi connectivity index (χ4n) is 4.33. The van der Waals surface area contributed by atoms with Crippen LogP contribution in [0.1, 0.15) is 64.7 Å². The molecule has 3 N–H and O–H groups in total. The van der Waals surface area contributed by atoms with Crippen LogP contribution in [0, 0.1) is 0 Å². The number of ketones is 1. The first-order valence-electron chi connectivity index (χ1n) is 11.6. The summed E-state index contributed by atoms with van der Waals surface area (Å²) >= 11 is 1.38. The van der Waals surface area contributed by atoms with E-state index in [1.54, 1.807) is 0 Å². The SMILES string of the molecule is CCc1cccc2c(C(=O)[C@@H](Sc3nnc(C4CC4)n3CCC(N)=O)c3ccccc3)c[nH]c12. The Morgan fingerprint density at radius 2 is 1.94 bits per heavy atom. The first-order chi connectivity index (χ1) is 16.6. The maximum absolute atomic E-state index is 14.0. The van der Waals surface area contributed by atoms with Crippen LogP contribution >= 0.6 is 11.8 Å². The van der Waals surface area contributed by atoms with Crippen LogP contribution in [0.4, 0.5) is 0 Å². The van der Waals surface area contributed by atoms with Gasteiger partial charge in [-0.2, -0.15) is 0 Å². The molecule has 7 nitrogen and oxygen atoms in total. The molecule has 4 aromatic rings. The van der Waals surface area contributed by atoms with Gasteiger partial charge >= 0.3 is 0 Å². The number of Topliss-reactive ketones (excluding diaryl/α,β-unsaturated/α-hetero) is 1. The molecule has 5 rings (SSSR count). The molecule has 0 bridgehead atoms. The minimum absolute atomic E-state index is 0.00752. The lowest BCUT2D eigenvalue weighted by molar-refractivity contribution is -0.118. The smallest absolute Gasteiger partial charge is 0.219 e. The Morgan fingerprint density at radius 1 is 1.15 bits per heavy atom. The second kappa shape index (κ2) is 9.46. The Hall–Kier alpha value is -3.39. The molecule has 1 aliphatic carbocycles. The summed E-state index contributed by atoms with van der Waals surface area (Å²) in [4.78, 5) is 28.8. The van der Waals surface area contributed by atoms with Gasteiger partial charge in [-0.25, -0.2) is 0 Å². The number of nitrogens with zero attached hydrogens (tertiary/aromatic N) is 3. The number of H-pyrrole nitrogens is 1. The third kappa shape index (κ3) is 4.37. The zero-order valence-electron chi connectivity index (χ0n) is 19.0. The first kappa shape index (κ1) is 22.4. The summed E-state index contributed by atoms with van der Waals surface area (Å²) < 4.78 is 1.97. The van der Waals surface area contributed by atoms with Crippen molar-refractivity contribution in [3.05, 3.63) is 77.2 Å². The van der Waals surface area contributed by atoms with Crippen LogP contribution in [0.2, 0.25) is 0 Å². The number of hydrogen-bond acceptors (Lipinski definition) is 5. The van der Waals surface area contributed by atoms with Gasteiger partial charge in [0.25, 0.3) is 0 Å². The van der Waals surface area contributed by atoms with Crippen molar-refractivity contribution in [2.75, 3.05) is 0 Å². The largest absolute Gasteiger partial charge is 0.370 e. The molecule has 1 amide bonds. The molecular weight excluding hydrogens is 446 g/mol. The van der Waals surface area contributed by atoms with E-state index in [4.69, 9.17) is 5.73 Å². The van der Waals surface area contributed by atoms with Gasteiger partial charge in [0.15, 0.2) is 10.9 Å². The average molecular weight is 474 g/mol. The number of aromatic nitrogens is 4. The molecule has 0 spiro atoms. The van der Waals surface area contributed by atoms with E-state index >= 15 is 0 Å². The highest BCUT2D eigenvalue weighted by atomic mass is 32.2. The van der Waals surface area contributed by atoms with Gasteiger partial charge < -0.3 is 15.3 Å². The lowest BCUT2D eigenvalue weighted by Gasteiger charge is -2.16. The van der Waals surface area contributed by atoms with Crippen LogP contribution in [0.15, 0.2) is 59.9 Å². The molecule has 2 aromatic heterocycles. The maximum Gasteiger partial charge on any atom is 0.219 e. The van der Waals surface area contributed by atoms with Crippen molar-refractivity contribution in [3.8, 4) is 0 Å². The number of hydrogen-bond donors (Lipinski definition) is 2. The Morgan fingerprint density at radius 3 is 2.65 bits per heavy atom. The Labute approximate surface area is 202 Å². The molecule has 2 aromatic carbocycles. The monoisotopic (exact) mass is 473 g/mol. The zero-order valence-corrected chi connectivity index (χ0v) is 19.8. The number of primary amides is 1. The van der Waals surface area contributed by atoms with Crippen molar-refractivity contribution >= 4 is 34.4 Å². The van der Waals surface area contributed by atoms with Crippen molar-refractivity contribution in [2.45, 2.75) is 55.5 Å². The van der Waals surface area contributed by atoms with Gasteiger partial charge in [0.1, 0.15) is 11.1 Å². The highest BCUT2D eigenvalue weighted by molar-refractivity contribution is 8.00. The minimum atomic E-state index is -0.505. The van der Waals surface area contributed by atoms with E-state index in [9.17, 15) is 9.59 Å². The Bertz CT molecular complexity index is 1340. The van der Waals surface area contributed by atoms with Crippen molar-refractivity contribution in [1.82, 2.24) is 19.7 Å². The van der Waals surface area contributed by atoms with Gasteiger partial charge in [-0.05, 0) is 30.4 Å². The molecule has 34 heavy (non-hydrogen) atoms. The highest BCUT2D eigenvalue weighted by Crippen LogP contribution is 2.43. The highest BCUT2D eigenvalue weighted by Gasteiger charge is 2.33. The van der Waals surface area contributed by atoms with E-state index < -0.39 is 5.25 Å². The predicted octanol–water partition coefficient (Wildman–Crippen LogP) is 4.79. The number of nitrogens with two attached hydrogens (primary N) is 1. The fraction of sp³-hybridized carbons (Fsp3) is 0.308. The van der Waals surface area contributed by atoms with E-state index in [0.29, 0.717) is 23.2 Å². The van der Waals surface area contributed by atoms with Crippen LogP contribution in [0.25, 0.3) is 10.9 Å². The summed E-state index contributed by atoms with van der Waals surface area (Å²) in [6.45, 7) is 2.52. The number of nitrogens with one attached hydrogen (secondary N) is 1. The molecule has 0 radical (unpaired) electrons. The molecule has 2 heterocycles. The molecule has 0 aliphatic heterocycles. The number of fused-ring (bicyclic) bond motifs is 1. The van der Waals surface area contributed by atoms with Crippen LogP contribution in [-0.2, 0) is 17.8 Å². The van der Waals surface area contributed by atoms with Crippen LogP contribution in [0.5, 0.6) is 0 Å². The third-order valence-electron chi connectivity index (χ3n) is 6.28. The molecule has 1 atom stereocenters. The number of carbonyl (C=O) groups is 2. The van der Waals surface area contributed by atoms with Crippen molar-refractivity contribution in [3.63, 3.8) is 0 Å². The summed E-state index contributed by atoms with van der Waals surface area (Å²) in [7, 11) is 0. The van der Waals surface area contributed by atoms with E-state index in [1.807, 2.05) is 53.2 Å². The molecule has 1 aliphatic rings. The summed E-state index contributed by atoms with van der Waals surface area (Å²) in [5, 5.41) is 9.92. The van der Waals surface area contributed by atoms with Gasteiger partial charge in [-0.1, -0.05) is 67.2 Å². The third-order valence-corrected chi connectivity index (χ3v) is 7.52. The first-order valence-corrected chi connectivity index (χ1v) is 12.5. The molecule has 0 unspecified atom stereocenters. The molecule has 1 saturated carbocycles. The molecule has 1 fully saturated rings. The quantitative estimate of drug-likeness (QED) is 0.254. The van der Waals surface area contributed by atoms with E-state index in [0.717, 1.165) is 41.6 Å². The Balaban J connectivity index is 1.54. The molecular formula is C26H27N5O2S. The van der Waals surface area contributed by atoms with Crippen molar-refractivity contribution in [2.24, 2.45) is 5.73 Å². The number of amides is 1. The second-order valence-corrected chi connectivity index (χ2v) is 9.72.